The number of nitrogens with one attached hydrogen (secondary N) is 1. The second-order valence-corrected chi connectivity index (χ2v) is 5.63. The highest BCUT2D eigenvalue weighted by molar-refractivity contribution is 4.85. The monoisotopic (exact) mass is 215 g/mol. The Bertz CT molecular complexity index is 185. The van der Waals surface area contributed by atoms with Crippen LogP contribution in [0.3, 0.4) is 0 Å². The largest absolute Gasteiger partial charge is 0.314 e. The number of rotatable bonds is 4. The highest BCUT2D eigenvalue weighted by Crippen LogP contribution is 2.30. The average molecular weight is 215 g/mol. The van der Waals surface area contributed by atoms with Crippen LogP contribution in [-0.2, 0) is 0 Å². The summed E-state index contributed by atoms with van der Waals surface area (Å²) < 4.78 is 13.4. The number of alkyl halides is 1. The smallest absolute Gasteiger partial charge is 0.105 e. The fourth-order valence-electron chi connectivity index (χ4n) is 2.67. The molecule has 3 atom stereocenters. The van der Waals surface area contributed by atoms with Gasteiger partial charge in [-0.15, -0.1) is 0 Å². The highest BCUT2D eigenvalue weighted by Gasteiger charge is 2.29. The fourth-order valence-corrected chi connectivity index (χ4v) is 2.67. The first-order valence-electron chi connectivity index (χ1n) is 6.36. The Morgan fingerprint density at radius 3 is 2.60 bits per heavy atom. The molecule has 1 N–H and O–H groups in total. The van der Waals surface area contributed by atoms with Gasteiger partial charge in [-0.25, -0.2) is 4.39 Å². The van der Waals surface area contributed by atoms with Gasteiger partial charge in [0.2, 0.25) is 0 Å². The van der Waals surface area contributed by atoms with E-state index in [0.717, 1.165) is 18.9 Å². The van der Waals surface area contributed by atoms with E-state index in [-0.39, 0.29) is 0 Å². The second kappa shape index (κ2) is 5.29. The first kappa shape index (κ1) is 13.0. The Labute approximate surface area is 93.8 Å². The maximum atomic E-state index is 13.4. The Morgan fingerprint density at radius 1 is 1.40 bits per heavy atom. The van der Waals surface area contributed by atoms with E-state index in [1.165, 1.54) is 12.8 Å². The summed E-state index contributed by atoms with van der Waals surface area (Å²) in [6.45, 7) is 9.05. The molecule has 1 rings (SSSR count). The summed E-state index contributed by atoms with van der Waals surface area (Å²) in [6.07, 6.45) is 4.19. The molecule has 0 spiro atoms. The molecule has 0 radical (unpaired) electrons. The predicted molar refractivity (Wildman–Crippen MR) is 63.8 cm³/mol. The van der Waals surface area contributed by atoms with Gasteiger partial charge in [0.1, 0.15) is 5.67 Å². The zero-order valence-electron chi connectivity index (χ0n) is 10.6. The Balaban J connectivity index is 2.40. The molecule has 0 aromatic heterocycles. The summed E-state index contributed by atoms with van der Waals surface area (Å²) in [7, 11) is 0. The molecule has 15 heavy (non-hydrogen) atoms. The number of piperidine rings is 1. The molecular weight excluding hydrogens is 189 g/mol. The van der Waals surface area contributed by atoms with Gasteiger partial charge in [-0.05, 0) is 51.5 Å². The third-order valence-electron chi connectivity index (χ3n) is 3.87. The number of hydrogen-bond donors (Lipinski definition) is 1. The van der Waals surface area contributed by atoms with E-state index >= 15 is 0 Å². The maximum Gasteiger partial charge on any atom is 0.105 e. The lowest BCUT2D eigenvalue weighted by Gasteiger charge is -2.37. The van der Waals surface area contributed by atoms with Gasteiger partial charge in [0.05, 0.1) is 0 Å². The van der Waals surface area contributed by atoms with Crippen LogP contribution in [0.4, 0.5) is 4.39 Å². The molecule has 1 aliphatic heterocycles. The van der Waals surface area contributed by atoms with Crippen LogP contribution in [-0.4, -0.2) is 18.3 Å². The van der Waals surface area contributed by atoms with Crippen molar-refractivity contribution < 1.29 is 4.39 Å². The lowest BCUT2D eigenvalue weighted by atomic mass is 9.78. The molecule has 2 heteroatoms. The first-order valence-corrected chi connectivity index (χ1v) is 6.36. The van der Waals surface area contributed by atoms with E-state index in [1.807, 2.05) is 0 Å². The molecule has 0 saturated carbocycles. The molecular formula is C13H26FN. The highest BCUT2D eigenvalue weighted by atomic mass is 19.1. The zero-order chi connectivity index (χ0) is 11.5. The Morgan fingerprint density at radius 2 is 2.07 bits per heavy atom. The number of hydrogen-bond acceptors (Lipinski definition) is 1. The summed E-state index contributed by atoms with van der Waals surface area (Å²) in [6, 6.07) is 0.527. The lowest BCUT2D eigenvalue weighted by molar-refractivity contribution is 0.148. The van der Waals surface area contributed by atoms with Crippen molar-refractivity contribution in [3.05, 3.63) is 0 Å². The maximum absolute atomic E-state index is 13.4. The molecule has 0 aromatic rings. The van der Waals surface area contributed by atoms with Gasteiger partial charge >= 0.3 is 0 Å². The average Bonchev–Trinajstić information content (AvgIpc) is 2.15. The van der Waals surface area contributed by atoms with Crippen molar-refractivity contribution >= 4 is 0 Å². The Kier molecular flexibility index (Phi) is 4.57. The van der Waals surface area contributed by atoms with Crippen LogP contribution < -0.4 is 5.32 Å². The summed E-state index contributed by atoms with van der Waals surface area (Å²) in [5.41, 5.74) is -1.01. The van der Waals surface area contributed by atoms with Crippen LogP contribution in [0.1, 0.15) is 53.4 Å². The third-order valence-corrected chi connectivity index (χ3v) is 3.87. The van der Waals surface area contributed by atoms with Crippen LogP contribution in [0.5, 0.6) is 0 Å². The first-order chi connectivity index (χ1) is 6.94. The summed E-state index contributed by atoms with van der Waals surface area (Å²) in [5.74, 6) is 1.53. The normalized spacial score (nSPS) is 33.0. The van der Waals surface area contributed by atoms with Crippen molar-refractivity contribution in [2.24, 2.45) is 11.8 Å². The molecule has 0 bridgehead atoms. The van der Waals surface area contributed by atoms with Gasteiger partial charge in [0.15, 0.2) is 0 Å². The van der Waals surface area contributed by atoms with Crippen molar-refractivity contribution in [1.29, 1.82) is 0 Å². The molecule has 90 valence electrons. The minimum absolute atomic E-state index is 0.527. The molecule has 0 aliphatic carbocycles. The van der Waals surface area contributed by atoms with Gasteiger partial charge < -0.3 is 5.32 Å². The van der Waals surface area contributed by atoms with Crippen LogP contribution in [0.25, 0.3) is 0 Å². The summed E-state index contributed by atoms with van der Waals surface area (Å²) >= 11 is 0. The minimum Gasteiger partial charge on any atom is -0.314 e. The molecule has 3 unspecified atom stereocenters. The van der Waals surface area contributed by atoms with E-state index in [0.29, 0.717) is 18.4 Å². The van der Waals surface area contributed by atoms with Crippen molar-refractivity contribution in [3.8, 4) is 0 Å². The van der Waals surface area contributed by atoms with Gasteiger partial charge in [-0.2, -0.15) is 0 Å². The molecule has 1 saturated heterocycles. The van der Waals surface area contributed by atoms with Crippen LogP contribution >= 0.6 is 0 Å². The van der Waals surface area contributed by atoms with Crippen LogP contribution in [0.15, 0.2) is 0 Å². The lowest BCUT2D eigenvalue weighted by Crippen LogP contribution is -2.45. The van der Waals surface area contributed by atoms with Crippen molar-refractivity contribution in [2.45, 2.75) is 65.1 Å². The standard InChI is InChI=1S/C13H26FN/c1-5-11-7-9-15-12(10(11)2)6-8-13(3,4)14/h10-12,15H,5-9H2,1-4H3. The fraction of sp³-hybridized carbons (Fsp3) is 1.00. The van der Waals surface area contributed by atoms with Gasteiger partial charge in [0.25, 0.3) is 0 Å². The summed E-state index contributed by atoms with van der Waals surface area (Å²) in [5, 5.41) is 3.54. The predicted octanol–water partition coefficient (Wildman–Crippen LogP) is 3.54. The quantitative estimate of drug-likeness (QED) is 0.756. The molecule has 1 aliphatic rings. The molecule has 0 aromatic carbocycles. The molecule has 1 nitrogen and oxygen atoms in total. The van der Waals surface area contributed by atoms with Crippen molar-refractivity contribution in [1.82, 2.24) is 5.32 Å². The van der Waals surface area contributed by atoms with Crippen LogP contribution in [0, 0.1) is 11.8 Å². The van der Waals surface area contributed by atoms with Crippen molar-refractivity contribution in [2.75, 3.05) is 6.54 Å². The Hall–Kier alpha value is -0.110. The molecule has 1 heterocycles. The van der Waals surface area contributed by atoms with Gasteiger partial charge in [-0.3, -0.25) is 0 Å². The minimum atomic E-state index is -1.01. The second-order valence-electron chi connectivity index (χ2n) is 5.63. The number of halogens is 1. The van der Waals surface area contributed by atoms with Gasteiger partial charge in [-0.1, -0.05) is 20.3 Å². The van der Waals surface area contributed by atoms with E-state index in [2.05, 4.69) is 19.2 Å². The van der Waals surface area contributed by atoms with E-state index in [9.17, 15) is 4.39 Å². The zero-order valence-corrected chi connectivity index (χ0v) is 10.6. The molecule has 1 fully saturated rings. The summed E-state index contributed by atoms with van der Waals surface area (Å²) in [4.78, 5) is 0. The van der Waals surface area contributed by atoms with Crippen LogP contribution in [0.2, 0.25) is 0 Å². The van der Waals surface area contributed by atoms with Gasteiger partial charge in [0, 0.05) is 6.04 Å². The van der Waals surface area contributed by atoms with E-state index in [4.69, 9.17) is 0 Å². The SMILES string of the molecule is CCC1CCNC(CCC(C)(C)F)C1C. The van der Waals surface area contributed by atoms with Crippen molar-refractivity contribution in [3.63, 3.8) is 0 Å². The third kappa shape index (κ3) is 4.10. The van der Waals surface area contributed by atoms with E-state index < -0.39 is 5.67 Å². The topological polar surface area (TPSA) is 12.0 Å². The molecule has 0 amide bonds. The van der Waals surface area contributed by atoms with E-state index in [1.54, 1.807) is 13.8 Å².